The molecule has 1 aliphatic rings. The van der Waals surface area contributed by atoms with Crippen molar-refractivity contribution in [2.24, 2.45) is 5.92 Å². The molecule has 2 N–H and O–H groups in total. The van der Waals surface area contributed by atoms with Crippen LogP contribution >= 0.6 is 0 Å². The summed E-state index contributed by atoms with van der Waals surface area (Å²) in [6, 6.07) is 14.8. The summed E-state index contributed by atoms with van der Waals surface area (Å²) in [7, 11) is -3.41. The van der Waals surface area contributed by atoms with Crippen molar-refractivity contribution in [3.8, 4) is 0 Å². The number of sulfonamides is 1. The van der Waals surface area contributed by atoms with Crippen LogP contribution in [0.15, 0.2) is 54.6 Å². The molecule has 0 radical (unpaired) electrons. The first-order chi connectivity index (χ1) is 15.6. The van der Waals surface area contributed by atoms with Crippen LogP contribution in [-0.2, 0) is 19.6 Å². The van der Waals surface area contributed by atoms with Gasteiger partial charge in [0.1, 0.15) is 0 Å². The van der Waals surface area contributed by atoms with Crippen molar-refractivity contribution in [2.45, 2.75) is 25.9 Å². The summed E-state index contributed by atoms with van der Waals surface area (Å²) in [5.74, 6) is -1.23. The molecule has 0 aliphatic carbocycles. The molecule has 1 aliphatic heterocycles. The quantitative estimate of drug-likeness (QED) is 0.471. The summed E-state index contributed by atoms with van der Waals surface area (Å²) in [6.07, 6.45) is 0.959. The summed E-state index contributed by atoms with van der Waals surface area (Å²) in [5.41, 5.74) is 1.35. The highest BCUT2D eigenvalue weighted by Crippen LogP contribution is 2.21. The molecule has 2 amide bonds. The molecule has 33 heavy (non-hydrogen) atoms. The third-order valence-corrected chi connectivity index (χ3v) is 5.88. The van der Waals surface area contributed by atoms with E-state index in [1.54, 1.807) is 17.0 Å². The molecule has 176 valence electrons. The number of anilines is 2. The molecule has 1 fully saturated rings. The number of likely N-dealkylation sites (tertiary alicyclic amines) is 1. The number of Topliss-reactive ketones (excluding diaryl/α,β-unsaturated/α-hetero) is 1. The van der Waals surface area contributed by atoms with Gasteiger partial charge in [-0.2, -0.15) is 0 Å². The first-order valence-corrected chi connectivity index (χ1v) is 12.4. The average Bonchev–Trinajstić information content (AvgIpc) is 2.78. The summed E-state index contributed by atoms with van der Waals surface area (Å²) in [5, 5.41) is 2.83. The monoisotopic (exact) mass is 473 g/mol. The van der Waals surface area contributed by atoms with Crippen molar-refractivity contribution >= 4 is 39.2 Å². The van der Waals surface area contributed by atoms with Crippen molar-refractivity contribution in [1.29, 1.82) is 0 Å². The Morgan fingerprint density at radius 3 is 2.15 bits per heavy atom. The minimum atomic E-state index is -3.41. The molecule has 0 saturated carbocycles. The molecule has 2 aromatic carbocycles. The number of esters is 1. The van der Waals surface area contributed by atoms with Gasteiger partial charge in [0.05, 0.1) is 12.2 Å². The topological polar surface area (TPSA) is 122 Å². The van der Waals surface area contributed by atoms with E-state index in [9.17, 15) is 22.8 Å². The van der Waals surface area contributed by atoms with Crippen LogP contribution in [0, 0.1) is 5.92 Å². The fraction of sp³-hybridized carbons (Fsp3) is 0.348. The second-order valence-electron chi connectivity index (χ2n) is 7.95. The fourth-order valence-corrected chi connectivity index (χ4v) is 4.08. The third-order valence-electron chi connectivity index (χ3n) is 5.28. The van der Waals surface area contributed by atoms with Crippen LogP contribution in [0.3, 0.4) is 0 Å². The largest absolute Gasteiger partial charge is 0.454 e. The Labute approximate surface area is 193 Å². The average molecular weight is 474 g/mol. The van der Waals surface area contributed by atoms with Gasteiger partial charge in [0, 0.05) is 30.0 Å². The Kier molecular flexibility index (Phi) is 7.70. The number of urea groups is 1. The van der Waals surface area contributed by atoms with Gasteiger partial charge in [-0.15, -0.1) is 0 Å². The lowest BCUT2D eigenvalue weighted by atomic mass is 9.97. The number of rotatable bonds is 7. The van der Waals surface area contributed by atoms with Crippen LogP contribution in [0.2, 0.25) is 0 Å². The lowest BCUT2D eigenvalue weighted by Gasteiger charge is -2.31. The molecule has 0 aromatic heterocycles. The van der Waals surface area contributed by atoms with Gasteiger partial charge in [-0.1, -0.05) is 18.2 Å². The first kappa shape index (κ1) is 24.2. The van der Waals surface area contributed by atoms with E-state index in [0.29, 0.717) is 42.9 Å². The lowest BCUT2D eigenvalue weighted by Crippen LogP contribution is -2.43. The second-order valence-corrected chi connectivity index (χ2v) is 9.70. The molecule has 3 rings (SSSR count). The van der Waals surface area contributed by atoms with E-state index in [4.69, 9.17) is 4.74 Å². The summed E-state index contributed by atoms with van der Waals surface area (Å²) in [4.78, 5) is 39.2. The number of nitrogens with one attached hydrogen (secondary N) is 2. The highest BCUT2D eigenvalue weighted by molar-refractivity contribution is 7.92. The van der Waals surface area contributed by atoms with E-state index in [1.165, 1.54) is 31.2 Å². The smallest absolute Gasteiger partial charge is 0.321 e. The van der Waals surface area contributed by atoms with Crippen LogP contribution in [0.1, 0.15) is 30.1 Å². The molecule has 9 nitrogen and oxygen atoms in total. The molecule has 1 unspecified atom stereocenters. The van der Waals surface area contributed by atoms with Gasteiger partial charge >= 0.3 is 12.0 Å². The van der Waals surface area contributed by atoms with Crippen LogP contribution in [-0.4, -0.2) is 56.6 Å². The molecule has 1 heterocycles. The number of ether oxygens (including phenoxy) is 1. The van der Waals surface area contributed by atoms with Crippen molar-refractivity contribution in [1.82, 2.24) is 4.90 Å². The maximum Gasteiger partial charge on any atom is 0.321 e. The minimum Gasteiger partial charge on any atom is -0.454 e. The summed E-state index contributed by atoms with van der Waals surface area (Å²) in [6.45, 7) is 2.33. The molecule has 1 atom stereocenters. The summed E-state index contributed by atoms with van der Waals surface area (Å²) >= 11 is 0. The van der Waals surface area contributed by atoms with Crippen molar-refractivity contribution < 1.29 is 27.5 Å². The summed E-state index contributed by atoms with van der Waals surface area (Å²) < 4.78 is 30.3. The molecule has 2 aromatic rings. The SMILES string of the molecule is CC(OC(=O)C1CCN(C(=O)Nc2ccccc2)CC1)C(=O)c1ccc(NS(C)(=O)=O)cc1. The van der Waals surface area contributed by atoms with Gasteiger partial charge in [0.15, 0.2) is 6.10 Å². The Morgan fingerprint density at radius 2 is 1.58 bits per heavy atom. The van der Waals surface area contributed by atoms with Crippen LogP contribution in [0.4, 0.5) is 16.2 Å². The zero-order valence-corrected chi connectivity index (χ0v) is 19.3. The predicted molar refractivity (Wildman–Crippen MR) is 125 cm³/mol. The number of para-hydroxylation sites is 1. The predicted octanol–water partition coefficient (Wildman–Crippen LogP) is 3.12. The minimum absolute atomic E-state index is 0.217. The fourth-order valence-electron chi connectivity index (χ4n) is 3.52. The standard InChI is InChI=1S/C23H27N3O6S/c1-16(21(27)17-8-10-20(11-9-17)25-33(2,30)31)32-22(28)18-12-14-26(15-13-18)23(29)24-19-6-4-3-5-7-19/h3-11,16,18,25H,12-15H2,1-2H3,(H,24,29). The Balaban J connectivity index is 1.48. The van der Waals surface area contributed by atoms with Crippen molar-refractivity contribution in [3.63, 3.8) is 0 Å². The molecular formula is C23H27N3O6S. The molecule has 0 bridgehead atoms. The van der Waals surface area contributed by atoms with Gasteiger partial charge in [-0.05, 0) is 56.2 Å². The molecule has 0 spiro atoms. The van der Waals surface area contributed by atoms with E-state index in [2.05, 4.69) is 10.0 Å². The number of hydrogen-bond donors (Lipinski definition) is 2. The zero-order chi connectivity index (χ0) is 24.0. The van der Waals surface area contributed by atoms with Gasteiger partial charge in [-0.25, -0.2) is 13.2 Å². The Bertz CT molecular complexity index is 1090. The Hall–Kier alpha value is -3.40. The maximum atomic E-state index is 12.6. The molecular weight excluding hydrogens is 446 g/mol. The lowest BCUT2D eigenvalue weighted by molar-refractivity contribution is -0.152. The van der Waals surface area contributed by atoms with E-state index >= 15 is 0 Å². The number of benzene rings is 2. The van der Waals surface area contributed by atoms with Crippen LogP contribution in [0.5, 0.6) is 0 Å². The second kappa shape index (κ2) is 10.5. The number of nitrogens with zero attached hydrogens (tertiary/aromatic N) is 1. The van der Waals surface area contributed by atoms with E-state index in [1.807, 2.05) is 18.2 Å². The number of piperidine rings is 1. The van der Waals surface area contributed by atoms with Gasteiger partial charge in [0.2, 0.25) is 15.8 Å². The van der Waals surface area contributed by atoms with Gasteiger partial charge < -0.3 is 15.0 Å². The highest BCUT2D eigenvalue weighted by Gasteiger charge is 2.30. The van der Waals surface area contributed by atoms with Crippen molar-refractivity contribution in [3.05, 3.63) is 60.2 Å². The van der Waals surface area contributed by atoms with E-state index in [-0.39, 0.29) is 17.7 Å². The number of hydrogen-bond acceptors (Lipinski definition) is 6. The molecule has 10 heteroatoms. The third kappa shape index (κ3) is 7.04. The van der Waals surface area contributed by atoms with Crippen molar-refractivity contribution in [2.75, 3.05) is 29.4 Å². The number of carbonyl (C=O) groups excluding carboxylic acids is 3. The first-order valence-electron chi connectivity index (χ1n) is 10.6. The van der Waals surface area contributed by atoms with Crippen LogP contribution in [0.25, 0.3) is 0 Å². The maximum absolute atomic E-state index is 12.6. The zero-order valence-electron chi connectivity index (χ0n) is 18.5. The van der Waals surface area contributed by atoms with Crippen LogP contribution < -0.4 is 10.0 Å². The van der Waals surface area contributed by atoms with Gasteiger partial charge in [-0.3, -0.25) is 14.3 Å². The van der Waals surface area contributed by atoms with E-state index in [0.717, 1.165) is 6.26 Å². The highest BCUT2D eigenvalue weighted by atomic mass is 32.2. The van der Waals surface area contributed by atoms with E-state index < -0.39 is 22.1 Å². The number of carbonyl (C=O) groups is 3. The van der Waals surface area contributed by atoms with Gasteiger partial charge in [0.25, 0.3) is 0 Å². The molecule has 1 saturated heterocycles. The number of ketones is 1. The Morgan fingerprint density at radius 1 is 0.970 bits per heavy atom. The number of amides is 2. The normalized spacial score (nSPS) is 15.4.